The maximum absolute atomic E-state index is 5.49. The van der Waals surface area contributed by atoms with Gasteiger partial charge in [0.05, 0.1) is 13.7 Å². The minimum Gasteiger partial charge on any atom is -0.491 e. The Kier molecular flexibility index (Phi) is 4.52. The summed E-state index contributed by atoms with van der Waals surface area (Å²) >= 11 is 0. The molecule has 5 heteroatoms. The van der Waals surface area contributed by atoms with E-state index in [0.717, 1.165) is 17.4 Å². The summed E-state index contributed by atoms with van der Waals surface area (Å²) in [4.78, 5) is 8.61. The van der Waals surface area contributed by atoms with E-state index in [0.29, 0.717) is 23.8 Å². The van der Waals surface area contributed by atoms with E-state index in [4.69, 9.17) is 9.47 Å². The molecule has 0 amide bonds. The van der Waals surface area contributed by atoms with Gasteiger partial charge in [0.15, 0.2) is 11.6 Å². The van der Waals surface area contributed by atoms with E-state index < -0.39 is 0 Å². The summed E-state index contributed by atoms with van der Waals surface area (Å²) in [7, 11) is 3.32. The standard InChI is InChI=1S/C17H27N3O2/c1-17(8-9-17)12-4-6-13(7-5-12)20-16-15(22-3)14(10-21-2)18-11-19-16/h11-13H,4-10H2,1-3H3,(H,18,19,20)/t12-,13+. The molecule has 2 fully saturated rings. The van der Waals surface area contributed by atoms with Gasteiger partial charge in [0.2, 0.25) is 0 Å². The average molecular weight is 305 g/mol. The normalized spacial score (nSPS) is 26.5. The third-order valence-corrected chi connectivity index (χ3v) is 5.46. The van der Waals surface area contributed by atoms with Gasteiger partial charge in [-0.15, -0.1) is 0 Å². The van der Waals surface area contributed by atoms with E-state index in [-0.39, 0.29) is 0 Å². The highest BCUT2D eigenvalue weighted by Gasteiger charge is 2.45. The third kappa shape index (κ3) is 3.19. The fourth-order valence-corrected chi connectivity index (χ4v) is 3.70. The molecule has 0 aromatic carbocycles. The zero-order chi connectivity index (χ0) is 15.6. The van der Waals surface area contributed by atoms with Gasteiger partial charge in [-0.1, -0.05) is 6.92 Å². The molecule has 0 aliphatic heterocycles. The van der Waals surface area contributed by atoms with Gasteiger partial charge in [-0.25, -0.2) is 9.97 Å². The Morgan fingerprint density at radius 3 is 2.50 bits per heavy atom. The zero-order valence-electron chi connectivity index (χ0n) is 13.9. The Labute approximate surface area is 132 Å². The van der Waals surface area contributed by atoms with Crippen LogP contribution in [0.1, 0.15) is 51.1 Å². The summed E-state index contributed by atoms with van der Waals surface area (Å²) in [6.07, 6.45) is 9.51. The zero-order valence-corrected chi connectivity index (χ0v) is 13.9. The van der Waals surface area contributed by atoms with Crippen LogP contribution < -0.4 is 10.1 Å². The van der Waals surface area contributed by atoms with Gasteiger partial charge in [0.1, 0.15) is 12.0 Å². The molecule has 3 rings (SSSR count). The Balaban J connectivity index is 1.62. The van der Waals surface area contributed by atoms with Gasteiger partial charge >= 0.3 is 0 Å². The molecule has 2 saturated carbocycles. The molecule has 1 aromatic rings. The van der Waals surface area contributed by atoms with Crippen LogP contribution in [0.4, 0.5) is 5.82 Å². The summed E-state index contributed by atoms with van der Waals surface area (Å²) in [5.74, 6) is 2.42. The Hall–Kier alpha value is -1.36. The highest BCUT2D eigenvalue weighted by atomic mass is 16.5. The number of nitrogens with one attached hydrogen (secondary N) is 1. The van der Waals surface area contributed by atoms with E-state index in [1.807, 2.05) is 0 Å². The van der Waals surface area contributed by atoms with Crippen LogP contribution >= 0.6 is 0 Å². The number of methoxy groups -OCH3 is 2. The maximum Gasteiger partial charge on any atom is 0.185 e. The van der Waals surface area contributed by atoms with E-state index in [1.165, 1.54) is 38.5 Å². The summed E-state index contributed by atoms with van der Waals surface area (Å²) in [5, 5.41) is 3.56. The first-order chi connectivity index (χ1) is 10.7. The molecule has 2 aliphatic carbocycles. The number of aromatic nitrogens is 2. The quantitative estimate of drug-likeness (QED) is 0.873. The molecular weight excluding hydrogens is 278 g/mol. The van der Waals surface area contributed by atoms with E-state index in [1.54, 1.807) is 20.5 Å². The monoisotopic (exact) mass is 305 g/mol. The van der Waals surface area contributed by atoms with Gasteiger partial charge in [-0.2, -0.15) is 0 Å². The van der Waals surface area contributed by atoms with Crippen molar-refractivity contribution in [2.24, 2.45) is 11.3 Å². The lowest BCUT2D eigenvalue weighted by atomic mass is 9.77. The molecule has 1 aromatic heterocycles. The Bertz CT molecular complexity index is 509. The molecule has 0 bridgehead atoms. The molecule has 1 N–H and O–H groups in total. The van der Waals surface area contributed by atoms with Gasteiger partial charge in [-0.05, 0) is 49.9 Å². The van der Waals surface area contributed by atoms with Crippen LogP contribution in [0.15, 0.2) is 6.33 Å². The first-order valence-corrected chi connectivity index (χ1v) is 8.29. The van der Waals surface area contributed by atoms with Gasteiger partial charge in [0.25, 0.3) is 0 Å². The summed E-state index contributed by atoms with van der Waals surface area (Å²) < 4.78 is 10.7. The van der Waals surface area contributed by atoms with E-state index >= 15 is 0 Å². The molecule has 1 heterocycles. The fraction of sp³-hybridized carbons (Fsp3) is 0.765. The number of nitrogens with zero attached hydrogens (tertiary/aromatic N) is 2. The second-order valence-electron chi connectivity index (χ2n) is 6.98. The number of anilines is 1. The predicted molar refractivity (Wildman–Crippen MR) is 86.0 cm³/mol. The molecule has 0 atom stereocenters. The summed E-state index contributed by atoms with van der Waals surface area (Å²) in [5.41, 5.74) is 1.45. The third-order valence-electron chi connectivity index (χ3n) is 5.46. The second kappa shape index (κ2) is 6.41. The van der Waals surface area contributed by atoms with Crippen LogP contribution in [0.25, 0.3) is 0 Å². The minimum atomic E-state index is 0.436. The van der Waals surface area contributed by atoms with Crippen molar-refractivity contribution >= 4 is 5.82 Å². The van der Waals surface area contributed by atoms with Crippen molar-refractivity contribution in [1.29, 1.82) is 0 Å². The first-order valence-electron chi connectivity index (χ1n) is 8.29. The molecule has 0 saturated heterocycles. The average Bonchev–Trinajstić information content (AvgIpc) is 3.28. The maximum atomic E-state index is 5.49. The van der Waals surface area contributed by atoms with Crippen LogP contribution in [0.5, 0.6) is 5.75 Å². The summed E-state index contributed by atoms with van der Waals surface area (Å²) in [6.45, 7) is 2.89. The molecule has 5 nitrogen and oxygen atoms in total. The van der Waals surface area contributed by atoms with Crippen LogP contribution in [-0.2, 0) is 11.3 Å². The van der Waals surface area contributed by atoms with Crippen LogP contribution in [0, 0.1) is 11.3 Å². The summed E-state index contributed by atoms with van der Waals surface area (Å²) in [6, 6.07) is 0.484. The lowest BCUT2D eigenvalue weighted by Crippen LogP contribution is -2.29. The van der Waals surface area contributed by atoms with Crippen molar-refractivity contribution in [1.82, 2.24) is 9.97 Å². The highest BCUT2D eigenvalue weighted by molar-refractivity contribution is 5.52. The highest BCUT2D eigenvalue weighted by Crippen LogP contribution is 2.55. The number of rotatable bonds is 6. The fourth-order valence-electron chi connectivity index (χ4n) is 3.70. The van der Waals surface area contributed by atoms with Crippen molar-refractivity contribution < 1.29 is 9.47 Å². The van der Waals surface area contributed by atoms with E-state index in [2.05, 4.69) is 22.2 Å². The van der Waals surface area contributed by atoms with Crippen LogP contribution in [0.2, 0.25) is 0 Å². The lowest BCUT2D eigenvalue weighted by Gasteiger charge is -2.33. The molecule has 2 aliphatic rings. The lowest BCUT2D eigenvalue weighted by molar-refractivity contribution is 0.177. The SMILES string of the molecule is COCc1ncnc(N[C@H]2CC[C@@H](C3(C)CC3)CC2)c1OC. The van der Waals surface area contributed by atoms with Gasteiger partial charge in [0, 0.05) is 13.2 Å². The second-order valence-corrected chi connectivity index (χ2v) is 6.98. The van der Waals surface area contributed by atoms with Crippen LogP contribution in [0.3, 0.4) is 0 Å². The number of hydrogen-bond acceptors (Lipinski definition) is 5. The van der Waals surface area contributed by atoms with Crippen molar-refractivity contribution in [3.8, 4) is 5.75 Å². The van der Waals surface area contributed by atoms with Gasteiger partial charge in [-0.3, -0.25) is 0 Å². The minimum absolute atomic E-state index is 0.436. The Morgan fingerprint density at radius 2 is 1.91 bits per heavy atom. The van der Waals surface area contributed by atoms with Crippen molar-refractivity contribution in [3.05, 3.63) is 12.0 Å². The van der Waals surface area contributed by atoms with Crippen molar-refractivity contribution in [3.63, 3.8) is 0 Å². The van der Waals surface area contributed by atoms with Gasteiger partial charge < -0.3 is 14.8 Å². The molecule has 0 radical (unpaired) electrons. The first kappa shape index (κ1) is 15.5. The number of ether oxygens (including phenoxy) is 2. The molecule has 0 unspecified atom stereocenters. The van der Waals surface area contributed by atoms with E-state index in [9.17, 15) is 0 Å². The van der Waals surface area contributed by atoms with Crippen molar-refractivity contribution in [2.75, 3.05) is 19.5 Å². The Morgan fingerprint density at radius 1 is 1.18 bits per heavy atom. The molecular formula is C17H27N3O2. The van der Waals surface area contributed by atoms with Crippen molar-refractivity contribution in [2.45, 2.75) is 58.1 Å². The number of hydrogen-bond donors (Lipinski definition) is 1. The molecule has 0 spiro atoms. The van der Waals surface area contributed by atoms with Crippen LogP contribution in [-0.4, -0.2) is 30.2 Å². The molecule has 22 heavy (non-hydrogen) atoms. The largest absolute Gasteiger partial charge is 0.491 e. The smallest absolute Gasteiger partial charge is 0.185 e. The topological polar surface area (TPSA) is 56.3 Å². The molecule has 122 valence electrons. The predicted octanol–water partition coefficient (Wildman–Crippen LogP) is 3.40.